The standard InChI is InChI=1S/C20H24N6O/c27-12-11-25-7-9-26(10-8-25)20-3-4-21-15-19(20)24-14-16-1-2-17-18(13-16)23-6-5-22-17/h1-6,13,15,24,27H,7-12,14H2. The van der Waals surface area contributed by atoms with Crippen LogP contribution in [-0.4, -0.2) is 64.3 Å². The highest BCUT2D eigenvalue weighted by atomic mass is 16.3. The van der Waals surface area contributed by atoms with Gasteiger partial charge in [0.25, 0.3) is 0 Å². The largest absolute Gasteiger partial charge is 0.395 e. The van der Waals surface area contributed by atoms with Crippen LogP contribution >= 0.6 is 0 Å². The van der Waals surface area contributed by atoms with Gasteiger partial charge in [0.05, 0.1) is 35.2 Å². The van der Waals surface area contributed by atoms with E-state index in [-0.39, 0.29) is 6.61 Å². The number of benzene rings is 1. The molecule has 1 aromatic carbocycles. The summed E-state index contributed by atoms with van der Waals surface area (Å²) in [5, 5.41) is 12.6. The molecule has 7 nitrogen and oxygen atoms in total. The minimum absolute atomic E-state index is 0.220. The molecule has 4 rings (SSSR count). The molecule has 140 valence electrons. The molecular formula is C20H24N6O. The van der Waals surface area contributed by atoms with Crippen molar-refractivity contribution in [3.63, 3.8) is 0 Å². The van der Waals surface area contributed by atoms with E-state index < -0.39 is 0 Å². The third kappa shape index (κ3) is 4.15. The average Bonchev–Trinajstić information content (AvgIpc) is 2.73. The van der Waals surface area contributed by atoms with Crippen molar-refractivity contribution in [3.8, 4) is 0 Å². The lowest BCUT2D eigenvalue weighted by molar-refractivity contribution is 0.189. The number of β-amino-alcohol motifs (C(OH)–C–C–N with tert-alkyl or cyclic N) is 1. The van der Waals surface area contributed by atoms with Gasteiger partial charge in [0, 0.05) is 57.9 Å². The number of aromatic nitrogens is 3. The average molecular weight is 364 g/mol. The number of nitrogens with one attached hydrogen (secondary N) is 1. The number of hydrogen-bond donors (Lipinski definition) is 2. The highest BCUT2D eigenvalue weighted by Gasteiger charge is 2.18. The van der Waals surface area contributed by atoms with E-state index in [0.29, 0.717) is 6.54 Å². The molecule has 0 unspecified atom stereocenters. The maximum Gasteiger partial charge on any atom is 0.0890 e. The third-order valence-electron chi connectivity index (χ3n) is 4.94. The second-order valence-corrected chi connectivity index (χ2v) is 6.68. The number of piperazine rings is 1. The molecule has 0 atom stereocenters. The summed E-state index contributed by atoms with van der Waals surface area (Å²) >= 11 is 0. The molecule has 0 radical (unpaired) electrons. The predicted molar refractivity (Wildman–Crippen MR) is 107 cm³/mol. The first kappa shape index (κ1) is 17.6. The van der Waals surface area contributed by atoms with Crippen molar-refractivity contribution < 1.29 is 5.11 Å². The van der Waals surface area contributed by atoms with Gasteiger partial charge in [-0.2, -0.15) is 0 Å². The summed E-state index contributed by atoms with van der Waals surface area (Å²) in [5.41, 5.74) is 5.18. The zero-order valence-electron chi connectivity index (χ0n) is 15.3. The Kier molecular flexibility index (Phi) is 5.41. The van der Waals surface area contributed by atoms with E-state index in [0.717, 1.165) is 55.0 Å². The Morgan fingerprint density at radius 1 is 0.963 bits per heavy atom. The summed E-state index contributed by atoms with van der Waals surface area (Å²) in [6, 6.07) is 8.21. The maximum absolute atomic E-state index is 9.11. The molecule has 0 amide bonds. The monoisotopic (exact) mass is 364 g/mol. The van der Waals surface area contributed by atoms with Gasteiger partial charge in [-0.3, -0.25) is 19.9 Å². The van der Waals surface area contributed by atoms with E-state index in [1.54, 1.807) is 12.4 Å². The zero-order valence-corrected chi connectivity index (χ0v) is 15.3. The summed E-state index contributed by atoms with van der Waals surface area (Å²) in [6.45, 7) is 5.50. The summed E-state index contributed by atoms with van der Waals surface area (Å²) in [7, 11) is 0. The Labute approximate surface area is 158 Å². The van der Waals surface area contributed by atoms with Gasteiger partial charge in [-0.05, 0) is 23.8 Å². The lowest BCUT2D eigenvalue weighted by Gasteiger charge is -2.36. The second kappa shape index (κ2) is 8.28. The Hall–Kier alpha value is -2.77. The molecule has 0 bridgehead atoms. The van der Waals surface area contributed by atoms with E-state index in [2.05, 4.69) is 48.3 Å². The number of fused-ring (bicyclic) bond motifs is 1. The molecule has 3 aromatic rings. The van der Waals surface area contributed by atoms with Gasteiger partial charge in [-0.1, -0.05) is 6.07 Å². The van der Waals surface area contributed by atoms with Crippen molar-refractivity contribution in [2.75, 3.05) is 49.5 Å². The molecule has 7 heteroatoms. The number of rotatable bonds is 6. The number of hydrogen-bond acceptors (Lipinski definition) is 7. The van der Waals surface area contributed by atoms with Crippen LogP contribution in [0.15, 0.2) is 49.1 Å². The molecule has 1 fully saturated rings. The smallest absolute Gasteiger partial charge is 0.0890 e. The Balaban J connectivity index is 1.45. The van der Waals surface area contributed by atoms with Gasteiger partial charge in [0.2, 0.25) is 0 Å². The van der Waals surface area contributed by atoms with E-state index in [1.807, 2.05) is 18.5 Å². The van der Waals surface area contributed by atoms with Crippen LogP contribution in [0.25, 0.3) is 11.0 Å². The van der Waals surface area contributed by atoms with Crippen LogP contribution in [0, 0.1) is 0 Å². The predicted octanol–water partition coefficient (Wildman–Crippen LogP) is 1.75. The van der Waals surface area contributed by atoms with Crippen molar-refractivity contribution in [3.05, 3.63) is 54.6 Å². The van der Waals surface area contributed by atoms with E-state index in [9.17, 15) is 0 Å². The minimum Gasteiger partial charge on any atom is -0.395 e. The first-order chi connectivity index (χ1) is 13.3. The fourth-order valence-corrected chi connectivity index (χ4v) is 3.47. The number of anilines is 2. The molecule has 1 saturated heterocycles. The zero-order chi connectivity index (χ0) is 18.5. The molecule has 27 heavy (non-hydrogen) atoms. The molecule has 2 N–H and O–H groups in total. The van der Waals surface area contributed by atoms with E-state index in [1.165, 1.54) is 5.69 Å². The van der Waals surface area contributed by atoms with Gasteiger partial charge < -0.3 is 15.3 Å². The second-order valence-electron chi connectivity index (χ2n) is 6.68. The lowest BCUT2D eigenvalue weighted by Crippen LogP contribution is -2.47. The highest BCUT2D eigenvalue weighted by Crippen LogP contribution is 2.26. The summed E-state index contributed by atoms with van der Waals surface area (Å²) < 4.78 is 0. The molecular weight excluding hydrogens is 340 g/mol. The first-order valence-electron chi connectivity index (χ1n) is 9.29. The van der Waals surface area contributed by atoms with Crippen LogP contribution < -0.4 is 10.2 Å². The first-order valence-corrected chi connectivity index (χ1v) is 9.29. The number of nitrogens with zero attached hydrogens (tertiary/aromatic N) is 5. The Morgan fingerprint density at radius 3 is 2.59 bits per heavy atom. The van der Waals surface area contributed by atoms with Crippen molar-refractivity contribution >= 4 is 22.4 Å². The van der Waals surface area contributed by atoms with Gasteiger partial charge in [-0.25, -0.2) is 0 Å². The van der Waals surface area contributed by atoms with Crippen LogP contribution in [-0.2, 0) is 6.54 Å². The van der Waals surface area contributed by atoms with Gasteiger partial charge in [-0.15, -0.1) is 0 Å². The molecule has 3 heterocycles. The Morgan fingerprint density at radius 2 is 1.78 bits per heavy atom. The molecule has 0 spiro atoms. The minimum atomic E-state index is 0.220. The quantitative estimate of drug-likeness (QED) is 0.690. The molecule has 2 aromatic heterocycles. The molecule has 0 aliphatic carbocycles. The van der Waals surface area contributed by atoms with Crippen LogP contribution in [0.2, 0.25) is 0 Å². The van der Waals surface area contributed by atoms with Crippen LogP contribution in [0.5, 0.6) is 0 Å². The van der Waals surface area contributed by atoms with E-state index >= 15 is 0 Å². The Bertz CT molecular complexity index is 894. The number of pyridine rings is 1. The van der Waals surface area contributed by atoms with Crippen molar-refractivity contribution in [1.82, 2.24) is 19.9 Å². The van der Waals surface area contributed by atoms with Crippen molar-refractivity contribution in [2.45, 2.75) is 6.54 Å². The number of aliphatic hydroxyl groups excluding tert-OH is 1. The fourth-order valence-electron chi connectivity index (χ4n) is 3.47. The summed E-state index contributed by atoms with van der Waals surface area (Å²) in [5.74, 6) is 0. The van der Waals surface area contributed by atoms with Crippen molar-refractivity contribution in [1.29, 1.82) is 0 Å². The van der Waals surface area contributed by atoms with Crippen LogP contribution in [0.1, 0.15) is 5.56 Å². The molecule has 1 aliphatic heterocycles. The van der Waals surface area contributed by atoms with Crippen LogP contribution in [0.3, 0.4) is 0 Å². The molecule has 0 saturated carbocycles. The fraction of sp³-hybridized carbons (Fsp3) is 0.350. The van der Waals surface area contributed by atoms with Crippen LogP contribution in [0.4, 0.5) is 11.4 Å². The summed E-state index contributed by atoms with van der Waals surface area (Å²) in [4.78, 5) is 17.7. The van der Waals surface area contributed by atoms with Gasteiger partial charge >= 0.3 is 0 Å². The van der Waals surface area contributed by atoms with Gasteiger partial charge in [0.15, 0.2) is 0 Å². The molecule has 1 aliphatic rings. The topological polar surface area (TPSA) is 77.4 Å². The SMILES string of the molecule is OCCN1CCN(c2ccncc2NCc2ccc3nccnc3c2)CC1. The third-order valence-corrected chi connectivity index (χ3v) is 4.94. The van der Waals surface area contributed by atoms with Gasteiger partial charge in [0.1, 0.15) is 0 Å². The lowest BCUT2D eigenvalue weighted by atomic mass is 10.2. The highest BCUT2D eigenvalue weighted by molar-refractivity contribution is 5.75. The normalized spacial score (nSPS) is 15.2. The van der Waals surface area contributed by atoms with Crippen molar-refractivity contribution in [2.24, 2.45) is 0 Å². The summed E-state index contributed by atoms with van der Waals surface area (Å²) in [6.07, 6.45) is 7.15. The maximum atomic E-state index is 9.11. The number of aliphatic hydroxyl groups is 1. The van der Waals surface area contributed by atoms with E-state index in [4.69, 9.17) is 5.11 Å².